The summed E-state index contributed by atoms with van der Waals surface area (Å²) in [5.41, 5.74) is 2.17. The third-order valence-corrected chi connectivity index (χ3v) is 3.37. The fourth-order valence-corrected chi connectivity index (χ4v) is 2.29. The number of ether oxygens (including phenoxy) is 1. The van der Waals surface area contributed by atoms with Gasteiger partial charge in [-0.25, -0.2) is 4.79 Å². The molecular formula is C16H14INO3. The number of hydrogen-bond acceptors (Lipinski definition) is 3. The molecule has 0 saturated carbocycles. The molecule has 0 saturated heterocycles. The molecule has 0 aromatic heterocycles. The van der Waals surface area contributed by atoms with Gasteiger partial charge in [0.1, 0.15) is 0 Å². The Morgan fingerprint density at radius 2 is 1.90 bits per heavy atom. The lowest BCUT2D eigenvalue weighted by Crippen LogP contribution is -2.21. The van der Waals surface area contributed by atoms with Gasteiger partial charge < -0.3 is 10.1 Å². The van der Waals surface area contributed by atoms with Gasteiger partial charge in [0.15, 0.2) is 6.61 Å². The summed E-state index contributed by atoms with van der Waals surface area (Å²) in [5.74, 6) is -0.868. The first kappa shape index (κ1) is 15.5. The van der Waals surface area contributed by atoms with Crippen LogP contribution in [0.5, 0.6) is 0 Å². The van der Waals surface area contributed by atoms with E-state index in [1.807, 2.05) is 31.2 Å². The molecule has 1 N–H and O–H groups in total. The summed E-state index contributed by atoms with van der Waals surface area (Å²) in [5, 5.41) is 2.68. The van der Waals surface area contributed by atoms with Crippen LogP contribution in [0.3, 0.4) is 0 Å². The van der Waals surface area contributed by atoms with Gasteiger partial charge in [0.25, 0.3) is 5.91 Å². The average molecular weight is 395 g/mol. The second kappa shape index (κ2) is 7.21. The molecule has 2 rings (SSSR count). The first-order chi connectivity index (χ1) is 10.0. The number of anilines is 1. The van der Waals surface area contributed by atoms with Crippen molar-refractivity contribution >= 4 is 40.2 Å². The number of rotatable bonds is 4. The van der Waals surface area contributed by atoms with Crippen molar-refractivity contribution in [2.24, 2.45) is 0 Å². The van der Waals surface area contributed by atoms with Crippen LogP contribution in [0.2, 0.25) is 0 Å². The molecule has 21 heavy (non-hydrogen) atoms. The van der Waals surface area contributed by atoms with E-state index in [0.717, 1.165) is 9.13 Å². The van der Waals surface area contributed by atoms with Gasteiger partial charge >= 0.3 is 5.97 Å². The molecule has 108 valence electrons. The molecule has 0 radical (unpaired) electrons. The Balaban J connectivity index is 1.88. The minimum absolute atomic E-state index is 0.307. The number of carbonyl (C=O) groups excluding carboxylic acids is 2. The van der Waals surface area contributed by atoms with Gasteiger partial charge in [-0.2, -0.15) is 0 Å². The fourth-order valence-electron chi connectivity index (χ4n) is 1.75. The SMILES string of the molecule is Cc1cccc(NC(=O)COC(=O)c2cccc(I)c2)c1. The molecule has 0 unspecified atom stereocenters. The van der Waals surface area contributed by atoms with Gasteiger partial charge in [-0.15, -0.1) is 0 Å². The standard InChI is InChI=1S/C16H14INO3/c1-11-4-2-7-14(8-11)18-15(19)10-21-16(20)12-5-3-6-13(17)9-12/h2-9H,10H2,1H3,(H,18,19). The number of benzene rings is 2. The monoisotopic (exact) mass is 395 g/mol. The Bertz CT molecular complexity index is 670. The number of esters is 1. The number of nitrogens with one attached hydrogen (secondary N) is 1. The molecule has 1 amide bonds. The molecule has 4 nitrogen and oxygen atoms in total. The zero-order chi connectivity index (χ0) is 15.2. The van der Waals surface area contributed by atoms with E-state index in [9.17, 15) is 9.59 Å². The highest BCUT2D eigenvalue weighted by molar-refractivity contribution is 14.1. The van der Waals surface area contributed by atoms with Crippen LogP contribution in [0.4, 0.5) is 5.69 Å². The molecule has 0 bridgehead atoms. The molecule has 0 aliphatic heterocycles. The minimum Gasteiger partial charge on any atom is -0.452 e. The van der Waals surface area contributed by atoms with Gasteiger partial charge in [0.2, 0.25) is 0 Å². The molecule has 5 heteroatoms. The van der Waals surface area contributed by atoms with Crippen LogP contribution in [0, 0.1) is 10.5 Å². The van der Waals surface area contributed by atoms with Crippen LogP contribution in [-0.2, 0) is 9.53 Å². The number of hydrogen-bond donors (Lipinski definition) is 1. The summed E-state index contributed by atoms with van der Waals surface area (Å²) in [7, 11) is 0. The molecule has 0 heterocycles. The van der Waals surface area contributed by atoms with Crippen LogP contribution >= 0.6 is 22.6 Å². The summed E-state index contributed by atoms with van der Waals surface area (Å²) in [4.78, 5) is 23.5. The highest BCUT2D eigenvalue weighted by atomic mass is 127. The number of amides is 1. The second-order valence-electron chi connectivity index (χ2n) is 4.50. The predicted molar refractivity (Wildman–Crippen MR) is 89.3 cm³/mol. The van der Waals surface area contributed by atoms with E-state index >= 15 is 0 Å². The Hall–Kier alpha value is -1.89. The van der Waals surface area contributed by atoms with Crippen molar-refractivity contribution in [3.8, 4) is 0 Å². The Morgan fingerprint density at radius 3 is 2.62 bits per heavy atom. The number of aryl methyl sites for hydroxylation is 1. The lowest BCUT2D eigenvalue weighted by atomic mass is 10.2. The van der Waals surface area contributed by atoms with Gasteiger partial charge in [-0.05, 0) is 65.4 Å². The van der Waals surface area contributed by atoms with E-state index in [1.54, 1.807) is 24.3 Å². The fraction of sp³-hybridized carbons (Fsp3) is 0.125. The maximum Gasteiger partial charge on any atom is 0.338 e. The summed E-state index contributed by atoms with van der Waals surface area (Å²) in [6, 6.07) is 14.4. The van der Waals surface area contributed by atoms with Crippen molar-refractivity contribution in [1.29, 1.82) is 0 Å². The molecular weight excluding hydrogens is 381 g/mol. The Labute approximate surface area is 136 Å². The van der Waals surface area contributed by atoms with Crippen molar-refractivity contribution in [2.45, 2.75) is 6.92 Å². The van der Waals surface area contributed by atoms with Crippen LogP contribution in [-0.4, -0.2) is 18.5 Å². The van der Waals surface area contributed by atoms with Crippen molar-refractivity contribution in [3.05, 3.63) is 63.2 Å². The zero-order valence-corrected chi connectivity index (χ0v) is 13.6. The third kappa shape index (κ3) is 4.86. The highest BCUT2D eigenvalue weighted by Crippen LogP contribution is 2.10. The van der Waals surface area contributed by atoms with Crippen molar-refractivity contribution in [1.82, 2.24) is 0 Å². The zero-order valence-electron chi connectivity index (χ0n) is 11.4. The topological polar surface area (TPSA) is 55.4 Å². The van der Waals surface area contributed by atoms with Crippen LogP contribution in [0.1, 0.15) is 15.9 Å². The van der Waals surface area contributed by atoms with E-state index in [2.05, 4.69) is 27.9 Å². The highest BCUT2D eigenvalue weighted by Gasteiger charge is 2.10. The molecule has 0 atom stereocenters. The largest absolute Gasteiger partial charge is 0.452 e. The van der Waals surface area contributed by atoms with E-state index in [0.29, 0.717) is 11.3 Å². The summed E-state index contributed by atoms with van der Waals surface area (Å²) >= 11 is 2.11. The van der Waals surface area contributed by atoms with E-state index in [1.165, 1.54) is 0 Å². The van der Waals surface area contributed by atoms with Crippen LogP contribution in [0.25, 0.3) is 0 Å². The first-order valence-corrected chi connectivity index (χ1v) is 7.42. The Morgan fingerprint density at radius 1 is 1.14 bits per heavy atom. The second-order valence-corrected chi connectivity index (χ2v) is 5.75. The molecule has 2 aromatic rings. The van der Waals surface area contributed by atoms with E-state index in [4.69, 9.17) is 4.74 Å². The summed E-state index contributed by atoms with van der Waals surface area (Å²) < 4.78 is 5.93. The minimum atomic E-state index is -0.507. The van der Waals surface area contributed by atoms with Gasteiger partial charge in [-0.3, -0.25) is 4.79 Å². The van der Waals surface area contributed by atoms with Crippen molar-refractivity contribution in [3.63, 3.8) is 0 Å². The maximum absolute atomic E-state index is 11.8. The quantitative estimate of drug-likeness (QED) is 0.638. The lowest BCUT2D eigenvalue weighted by molar-refractivity contribution is -0.119. The maximum atomic E-state index is 11.8. The molecule has 2 aromatic carbocycles. The smallest absolute Gasteiger partial charge is 0.338 e. The van der Waals surface area contributed by atoms with Crippen LogP contribution in [0.15, 0.2) is 48.5 Å². The van der Waals surface area contributed by atoms with E-state index in [-0.39, 0.29) is 12.5 Å². The molecule has 0 aliphatic rings. The van der Waals surface area contributed by atoms with Gasteiger partial charge in [0, 0.05) is 9.26 Å². The lowest BCUT2D eigenvalue weighted by Gasteiger charge is -2.07. The Kier molecular flexibility index (Phi) is 5.32. The van der Waals surface area contributed by atoms with Crippen molar-refractivity contribution < 1.29 is 14.3 Å². The third-order valence-electron chi connectivity index (χ3n) is 2.70. The first-order valence-electron chi connectivity index (χ1n) is 6.34. The normalized spacial score (nSPS) is 10.0. The van der Waals surface area contributed by atoms with Gasteiger partial charge in [0.05, 0.1) is 5.56 Å². The van der Waals surface area contributed by atoms with Gasteiger partial charge in [-0.1, -0.05) is 18.2 Å². The molecule has 0 aliphatic carbocycles. The summed E-state index contributed by atoms with van der Waals surface area (Å²) in [6.07, 6.45) is 0. The predicted octanol–water partition coefficient (Wildman–Crippen LogP) is 3.40. The van der Waals surface area contributed by atoms with Crippen molar-refractivity contribution in [2.75, 3.05) is 11.9 Å². The molecule has 0 spiro atoms. The van der Waals surface area contributed by atoms with E-state index < -0.39 is 5.97 Å². The number of carbonyl (C=O) groups is 2. The van der Waals surface area contributed by atoms with Crippen LogP contribution < -0.4 is 5.32 Å². The molecule has 0 fully saturated rings. The summed E-state index contributed by atoms with van der Waals surface area (Å²) in [6.45, 7) is 1.63. The average Bonchev–Trinajstić information content (AvgIpc) is 2.45. The number of halogens is 1.